The van der Waals surface area contributed by atoms with Crippen LogP contribution in [0.4, 0.5) is 0 Å². The maximum atomic E-state index is 12.8. The molecule has 3 rings (SSSR count). The first kappa shape index (κ1) is 19.8. The van der Waals surface area contributed by atoms with Gasteiger partial charge in [-0.1, -0.05) is 25.1 Å². The second-order valence-electron chi connectivity index (χ2n) is 7.30. The van der Waals surface area contributed by atoms with Crippen LogP contribution in [0.5, 0.6) is 0 Å². The van der Waals surface area contributed by atoms with Crippen molar-refractivity contribution in [3.8, 4) is 0 Å². The predicted molar refractivity (Wildman–Crippen MR) is 102 cm³/mol. The van der Waals surface area contributed by atoms with Crippen molar-refractivity contribution in [1.82, 2.24) is 15.1 Å². The maximum Gasteiger partial charge on any atom is 0.317 e. The molecule has 1 heterocycles. The summed E-state index contributed by atoms with van der Waals surface area (Å²) in [5.41, 5.74) is 1.76. The normalized spacial score (nSPS) is 23.0. The molecule has 0 aromatic heterocycles. The molecule has 0 bridgehead atoms. The van der Waals surface area contributed by atoms with Crippen molar-refractivity contribution < 1.29 is 19.4 Å². The van der Waals surface area contributed by atoms with Crippen LogP contribution in [0.2, 0.25) is 0 Å². The molecule has 0 unspecified atom stereocenters. The fraction of sp³-hybridized carbons (Fsp3) is 0.600. The first-order valence-electron chi connectivity index (χ1n) is 9.71. The molecule has 7 nitrogen and oxygen atoms in total. The van der Waals surface area contributed by atoms with E-state index < -0.39 is 5.97 Å². The van der Waals surface area contributed by atoms with Gasteiger partial charge in [0, 0.05) is 37.3 Å². The van der Waals surface area contributed by atoms with E-state index in [0.717, 1.165) is 56.8 Å². The summed E-state index contributed by atoms with van der Waals surface area (Å²) in [5.74, 6) is -0.843. The lowest BCUT2D eigenvalue weighted by Gasteiger charge is -2.42. The summed E-state index contributed by atoms with van der Waals surface area (Å²) < 4.78 is 5.39. The van der Waals surface area contributed by atoms with E-state index >= 15 is 0 Å². The molecule has 1 amide bonds. The minimum atomic E-state index is -0.804. The van der Waals surface area contributed by atoms with Gasteiger partial charge in [-0.25, -0.2) is 0 Å². The monoisotopic (exact) mass is 375 g/mol. The standard InChI is InChI=1S/C20H29N3O4/c1-2-23(14-19(24)25)17-11-16(12-17)21-20(26)18-6-4-3-5-15(18)13-22-7-9-27-10-8-22/h3-6,16-17H,2,7-14H2,1H3,(H,21,26)(H,24,25). The van der Waals surface area contributed by atoms with Crippen molar-refractivity contribution in [2.45, 2.75) is 38.4 Å². The lowest BCUT2D eigenvalue weighted by molar-refractivity contribution is -0.139. The highest BCUT2D eigenvalue weighted by atomic mass is 16.5. The number of morpholine rings is 1. The first-order valence-corrected chi connectivity index (χ1v) is 9.71. The Labute approximate surface area is 160 Å². The summed E-state index contributed by atoms with van der Waals surface area (Å²) in [7, 11) is 0. The largest absolute Gasteiger partial charge is 0.480 e. The molecule has 1 saturated heterocycles. The number of benzene rings is 1. The van der Waals surface area contributed by atoms with E-state index in [1.54, 1.807) is 0 Å². The number of aliphatic carboxylic acids is 1. The summed E-state index contributed by atoms with van der Waals surface area (Å²) in [6.45, 7) is 6.74. The van der Waals surface area contributed by atoms with Gasteiger partial charge in [-0.3, -0.25) is 19.4 Å². The van der Waals surface area contributed by atoms with Crippen molar-refractivity contribution >= 4 is 11.9 Å². The minimum absolute atomic E-state index is 0.0383. The number of carboxylic acids is 1. The van der Waals surface area contributed by atoms with E-state index in [0.29, 0.717) is 6.54 Å². The number of nitrogens with zero attached hydrogens (tertiary/aromatic N) is 2. The Bertz CT molecular complexity index is 654. The Morgan fingerprint density at radius 2 is 1.96 bits per heavy atom. The van der Waals surface area contributed by atoms with Crippen molar-refractivity contribution in [1.29, 1.82) is 0 Å². The van der Waals surface area contributed by atoms with Crippen molar-refractivity contribution in [2.24, 2.45) is 0 Å². The van der Waals surface area contributed by atoms with Crippen LogP contribution in [0.25, 0.3) is 0 Å². The second kappa shape index (κ2) is 9.30. The SMILES string of the molecule is CCN(CC(=O)O)C1CC(NC(=O)c2ccccc2CN2CCOCC2)C1. The highest BCUT2D eigenvalue weighted by Gasteiger charge is 2.35. The summed E-state index contributed by atoms with van der Waals surface area (Å²) in [4.78, 5) is 28.0. The topological polar surface area (TPSA) is 82.1 Å². The van der Waals surface area contributed by atoms with Crippen LogP contribution in [0.15, 0.2) is 24.3 Å². The zero-order chi connectivity index (χ0) is 19.2. The number of hydrogen-bond acceptors (Lipinski definition) is 5. The van der Waals surface area contributed by atoms with Crippen LogP contribution in [0.1, 0.15) is 35.7 Å². The number of carbonyl (C=O) groups excluding carboxylic acids is 1. The van der Waals surface area contributed by atoms with Gasteiger partial charge in [-0.15, -0.1) is 0 Å². The van der Waals surface area contributed by atoms with E-state index in [1.165, 1.54) is 0 Å². The number of carbonyl (C=O) groups is 2. The third-order valence-electron chi connectivity index (χ3n) is 5.47. The molecule has 7 heteroatoms. The number of likely N-dealkylation sites (N-methyl/N-ethyl adjacent to an activating group) is 1. The van der Waals surface area contributed by atoms with Gasteiger partial charge in [-0.05, 0) is 31.0 Å². The molecular weight excluding hydrogens is 346 g/mol. The van der Waals surface area contributed by atoms with Gasteiger partial charge in [0.1, 0.15) is 0 Å². The molecule has 148 valence electrons. The molecule has 1 saturated carbocycles. The van der Waals surface area contributed by atoms with Crippen LogP contribution in [0, 0.1) is 0 Å². The number of hydrogen-bond donors (Lipinski definition) is 2. The van der Waals surface area contributed by atoms with Gasteiger partial charge < -0.3 is 15.2 Å². The van der Waals surface area contributed by atoms with Gasteiger partial charge in [-0.2, -0.15) is 0 Å². The average Bonchev–Trinajstić information content (AvgIpc) is 2.63. The van der Waals surface area contributed by atoms with Crippen LogP contribution in [-0.4, -0.2) is 78.3 Å². The lowest BCUT2D eigenvalue weighted by atomic mass is 9.85. The van der Waals surface area contributed by atoms with Crippen LogP contribution in [-0.2, 0) is 16.1 Å². The number of ether oxygens (including phenoxy) is 1. The Morgan fingerprint density at radius 3 is 2.63 bits per heavy atom. The molecule has 1 aromatic rings. The molecule has 2 N–H and O–H groups in total. The molecule has 2 aliphatic rings. The smallest absolute Gasteiger partial charge is 0.317 e. The first-order chi connectivity index (χ1) is 13.1. The van der Waals surface area contributed by atoms with Crippen LogP contribution >= 0.6 is 0 Å². The Balaban J connectivity index is 1.54. The fourth-order valence-corrected chi connectivity index (χ4v) is 3.82. The molecule has 0 atom stereocenters. The third kappa shape index (κ3) is 5.28. The zero-order valence-electron chi connectivity index (χ0n) is 15.9. The van der Waals surface area contributed by atoms with E-state index in [2.05, 4.69) is 10.2 Å². The van der Waals surface area contributed by atoms with E-state index in [1.807, 2.05) is 36.1 Å². The molecule has 1 aliphatic carbocycles. The molecule has 0 spiro atoms. The molecule has 27 heavy (non-hydrogen) atoms. The third-order valence-corrected chi connectivity index (χ3v) is 5.47. The van der Waals surface area contributed by atoms with E-state index in [9.17, 15) is 9.59 Å². The maximum absolute atomic E-state index is 12.8. The van der Waals surface area contributed by atoms with Gasteiger partial charge in [0.2, 0.25) is 0 Å². The lowest BCUT2D eigenvalue weighted by Crippen LogP contribution is -2.54. The van der Waals surface area contributed by atoms with Gasteiger partial charge in [0.25, 0.3) is 5.91 Å². The predicted octanol–water partition coefficient (Wildman–Crippen LogP) is 1.19. The van der Waals surface area contributed by atoms with E-state index in [-0.39, 0.29) is 24.5 Å². The summed E-state index contributed by atoms with van der Waals surface area (Å²) >= 11 is 0. The molecule has 0 radical (unpaired) electrons. The second-order valence-corrected chi connectivity index (χ2v) is 7.30. The molecule has 1 aliphatic heterocycles. The van der Waals surface area contributed by atoms with Gasteiger partial charge in [0.15, 0.2) is 0 Å². The summed E-state index contributed by atoms with van der Waals surface area (Å²) in [5, 5.41) is 12.1. The van der Waals surface area contributed by atoms with Crippen molar-refractivity contribution in [3.63, 3.8) is 0 Å². The van der Waals surface area contributed by atoms with Gasteiger partial charge >= 0.3 is 5.97 Å². The van der Waals surface area contributed by atoms with E-state index in [4.69, 9.17) is 9.84 Å². The quantitative estimate of drug-likeness (QED) is 0.710. The van der Waals surface area contributed by atoms with Crippen LogP contribution in [0.3, 0.4) is 0 Å². The van der Waals surface area contributed by atoms with Crippen molar-refractivity contribution in [2.75, 3.05) is 39.4 Å². The Morgan fingerprint density at radius 1 is 1.26 bits per heavy atom. The van der Waals surface area contributed by atoms with Crippen molar-refractivity contribution in [3.05, 3.63) is 35.4 Å². The Hall–Kier alpha value is -1.96. The summed E-state index contributed by atoms with van der Waals surface area (Å²) in [6.07, 6.45) is 1.61. The Kier molecular flexibility index (Phi) is 6.82. The highest BCUT2D eigenvalue weighted by molar-refractivity contribution is 5.95. The fourth-order valence-electron chi connectivity index (χ4n) is 3.82. The molecular formula is C20H29N3O4. The van der Waals surface area contributed by atoms with Gasteiger partial charge in [0.05, 0.1) is 19.8 Å². The zero-order valence-corrected chi connectivity index (χ0v) is 15.9. The number of nitrogens with one attached hydrogen (secondary N) is 1. The average molecular weight is 375 g/mol. The number of rotatable bonds is 8. The number of carboxylic acid groups (broad SMARTS) is 1. The van der Waals surface area contributed by atoms with Crippen LogP contribution < -0.4 is 5.32 Å². The summed E-state index contributed by atoms with van der Waals surface area (Å²) in [6, 6.07) is 8.11. The molecule has 1 aromatic carbocycles. The highest BCUT2D eigenvalue weighted by Crippen LogP contribution is 2.26. The number of amides is 1. The minimum Gasteiger partial charge on any atom is -0.480 e. The molecule has 2 fully saturated rings.